The molecule has 0 fully saturated rings. The highest BCUT2D eigenvalue weighted by Gasteiger charge is 2.30. The van der Waals surface area contributed by atoms with E-state index in [4.69, 9.17) is 0 Å². The van der Waals surface area contributed by atoms with E-state index in [0.29, 0.717) is 6.54 Å². The lowest BCUT2D eigenvalue weighted by Gasteiger charge is -2.17. The van der Waals surface area contributed by atoms with Gasteiger partial charge in [0.2, 0.25) is 5.91 Å². The molecule has 0 spiro atoms. The Morgan fingerprint density at radius 2 is 1.79 bits per heavy atom. The molecule has 0 unspecified atom stereocenters. The highest BCUT2D eigenvalue weighted by Crippen LogP contribution is 2.30. The summed E-state index contributed by atoms with van der Waals surface area (Å²) >= 11 is 0. The van der Waals surface area contributed by atoms with Crippen LogP contribution in [-0.4, -0.2) is 23.7 Å². The van der Waals surface area contributed by atoms with Crippen LogP contribution in [0.25, 0.3) is 0 Å². The van der Waals surface area contributed by atoms with Crippen molar-refractivity contribution in [3.63, 3.8) is 0 Å². The topological polar surface area (TPSA) is 61.4 Å². The first-order valence-electron chi connectivity index (χ1n) is 7.26. The molecule has 128 valence electrons. The molecule has 2 aromatic rings. The largest absolute Gasteiger partial charge is 0.416 e. The zero-order valence-corrected chi connectivity index (χ0v) is 12.7. The number of carbonyl (C=O) groups excluding carboxylic acids is 1. The van der Waals surface area contributed by atoms with E-state index in [1.807, 2.05) is 30.3 Å². The minimum atomic E-state index is -4.48. The summed E-state index contributed by atoms with van der Waals surface area (Å²) in [5, 5.41) is 14.6. The van der Waals surface area contributed by atoms with Gasteiger partial charge in [-0.15, -0.1) is 0 Å². The van der Waals surface area contributed by atoms with Gasteiger partial charge in [0.15, 0.2) is 0 Å². The van der Waals surface area contributed by atoms with Crippen molar-refractivity contribution in [2.45, 2.75) is 18.8 Å². The molecule has 2 rings (SSSR count). The number of amides is 1. The standard InChI is InChI=1S/C17H17F3N2O2/c18-17(19,20)13-7-4-8-14(9-13)22-16(24)15(11-23)21-10-12-5-2-1-3-6-12/h1-9,15,21,23H,10-11H2,(H,22,24)/t15-/m0/s1. The fraction of sp³-hybridized carbons (Fsp3) is 0.235. The Morgan fingerprint density at radius 1 is 1.08 bits per heavy atom. The van der Waals surface area contributed by atoms with E-state index in [0.717, 1.165) is 17.7 Å². The molecule has 0 saturated carbocycles. The Kier molecular flexibility index (Phi) is 5.94. The van der Waals surface area contributed by atoms with E-state index >= 15 is 0 Å². The molecule has 3 N–H and O–H groups in total. The molecule has 0 radical (unpaired) electrons. The van der Waals surface area contributed by atoms with E-state index in [9.17, 15) is 23.1 Å². The monoisotopic (exact) mass is 338 g/mol. The summed E-state index contributed by atoms with van der Waals surface area (Å²) < 4.78 is 38.0. The van der Waals surface area contributed by atoms with Crippen LogP contribution < -0.4 is 10.6 Å². The third kappa shape index (κ3) is 5.07. The van der Waals surface area contributed by atoms with Crippen molar-refractivity contribution < 1.29 is 23.1 Å². The summed E-state index contributed by atoms with van der Waals surface area (Å²) in [4.78, 5) is 12.1. The number of hydrogen-bond acceptors (Lipinski definition) is 3. The van der Waals surface area contributed by atoms with E-state index in [-0.39, 0.29) is 5.69 Å². The predicted octanol–water partition coefficient (Wildman–Crippen LogP) is 2.79. The van der Waals surface area contributed by atoms with E-state index < -0.39 is 30.3 Å². The summed E-state index contributed by atoms with van der Waals surface area (Å²) in [6.45, 7) is -0.125. The van der Waals surface area contributed by atoms with Gasteiger partial charge in [-0.3, -0.25) is 10.1 Å². The average molecular weight is 338 g/mol. The lowest BCUT2D eigenvalue weighted by molar-refractivity contribution is -0.137. The Morgan fingerprint density at radius 3 is 2.42 bits per heavy atom. The van der Waals surface area contributed by atoms with Gasteiger partial charge in [0.1, 0.15) is 6.04 Å². The molecular weight excluding hydrogens is 321 g/mol. The van der Waals surface area contributed by atoms with E-state index in [1.165, 1.54) is 12.1 Å². The van der Waals surface area contributed by atoms with Gasteiger partial charge in [-0.2, -0.15) is 13.2 Å². The van der Waals surface area contributed by atoms with Gasteiger partial charge < -0.3 is 10.4 Å². The smallest absolute Gasteiger partial charge is 0.394 e. The van der Waals surface area contributed by atoms with Gasteiger partial charge >= 0.3 is 6.18 Å². The fourth-order valence-electron chi connectivity index (χ4n) is 2.08. The van der Waals surface area contributed by atoms with Crippen molar-refractivity contribution >= 4 is 11.6 Å². The van der Waals surface area contributed by atoms with Crippen molar-refractivity contribution in [1.82, 2.24) is 5.32 Å². The minimum absolute atomic E-state index is 0.0230. The molecular formula is C17H17F3N2O2. The maximum absolute atomic E-state index is 12.7. The zero-order valence-electron chi connectivity index (χ0n) is 12.7. The number of alkyl halides is 3. The molecule has 0 bridgehead atoms. The average Bonchev–Trinajstić information content (AvgIpc) is 2.56. The zero-order chi connectivity index (χ0) is 17.6. The van der Waals surface area contributed by atoms with Crippen LogP contribution in [0.5, 0.6) is 0 Å². The third-order valence-electron chi connectivity index (χ3n) is 3.35. The number of benzene rings is 2. The van der Waals surface area contributed by atoms with Crippen LogP contribution in [0.1, 0.15) is 11.1 Å². The van der Waals surface area contributed by atoms with Gasteiger partial charge in [0.25, 0.3) is 0 Å². The third-order valence-corrected chi connectivity index (χ3v) is 3.35. The first-order valence-corrected chi connectivity index (χ1v) is 7.26. The Balaban J connectivity index is 1.99. The van der Waals surface area contributed by atoms with Crippen molar-refractivity contribution in [3.8, 4) is 0 Å². The van der Waals surface area contributed by atoms with E-state index in [1.54, 1.807) is 0 Å². The quantitative estimate of drug-likeness (QED) is 0.759. The van der Waals surface area contributed by atoms with Gasteiger partial charge in [-0.25, -0.2) is 0 Å². The SMILES string of the molecule is O=C(Nc1cccc(C(F)(F)F)c1)[C@H](CO)NCc1ccccc1. The molecule has 24 heavy (non-hydrogen) atoms. The first kappa shape index (κ1) is 18.0. The second-order valence-corrected chi connectivity index (χ2v) is 5.17. The molecule has 1 amide bonds. The highest BCUT2D eigenvalue weighted by molar-refractivity contribution is 5.95. The summed E-state index contributed by atoms with van der Waals surface area (Å²) in [5.74, 6) is -0.604. The van der Waals surface area contributed by atoms with E-state index in [2.05, 4.69) is 10.6 Å². The van der Waals surface area contributed by atoms with Crippen LogP contribution in [0.3, 0.4) is 0 Å². The number of hydrogen-bond donors (Lipinski definition) is 3. The van der Waals surface area contributed by atoms with Crippen LogP contribution in [0.4, 0.5) is 18.9 Å². The number of nitrogens with one attached hydrogen (secondary N) is 2. The minimum Gasteiger partial charge on any atom is -0.394 e. The Hall–Kier alpha value is -2.38. The molecule has 0 saturated heterocycles. The van der Waals surface area contributed by atoms with Gasteiger partial charge in [-0.05, 0) is 23.8 Å². The molecule has 0 aliphatic heterocycles. The summed E-state index contributed by atoms with van der Waals surface area (Å²) in [7, 11) is 0. The van der Waals surface area contributed by atoms with Gasteiger partial charge in [-0.1, -0.05) is 36.4 Å². The van der Waals surface area contributed by atoms with Crippen LogP contribution in [0.2, 0.25) is 0 Å². The number of aliphatic hydroxyl groups is 1. The van der Waals surface area contributed by atoms with Gasteiger partial charge in [0.05, 0.1) is 12.2 Å². The maximum atomic E-state index is 12.7. The Labute approximate surface area is 137 Å². The van der Waals surface area contributed by atoms with Crippen LogP contribution in [0, 0.1) is 0 Å². The fourth-order valence-corrected chi connectivity index (χ4v) is 2.08. The second kappa shape index (κ2) is 7.94. The first-order chi connectivity index (χ1) is 11.4. The van der Waals surface area contributed by atoms with Gasteiger partial charge in [0, 0.05) is 12.2 Å². The summed E-state index contributed by atoms with van der Waals surface area (Å²) in [6.07, 6.45) is -4.48. The number of anilines is 1. The highest BCUT2D eigenvalue weighted by atomic mass is 19.4. The molecule has 7 heteroatoms. The van der Waals surface area contributed by atoms with Crippen molar-refractivity contribution in [2.24, 2.45) is 0 Å². The van der Waals surface area contributed by atoms with Crippen LogP contribution in [-0.2, 0) is 17.5 Å². The number of aliphatic hydroxyl groups excluding tert-OH is 1. The second-order valence-electron chi connectivity index (χ2n) is 5.17. The number of carbonyl (C=O) groups is 1. The lowest BCUT2D eigenvalue weighted by atomic mass is 10.1. The molecule has 2 aromatic carbocycles. The van der Waals surface area contributed by atoms with Crippen LogP contribution in [0.15, 0.2) is 54.6 Å². The lowest BCUT2D eigenvalue weighted by Crippen LogP contribution is -2.42. The molecule has 1 atom stereocenters. The van der Waals surface area contributed by atoms with Crippen molar-refractivity contribution in [3.05, 3.63) is 65.7 Å². The van der Waals surface area contributed by atoms with Crippen molar-refractivity contribution in [2.75, 3.05) is 11.9 Å². The summed E-state index contributed by atoms with van der Waals surface area (Å²) in [6, 6.07) is 12.7. The maximum Gasteiger partial charge on any atom is 0.416 e. The Bertz CT molecular complexity index is 675. The molecule has 0 aliphatic rings. The van der Waals surface area contributed by atoms with Crippen molar-refractivity contribution in [1.29, 1.82) is 0 Å². The molecule has 0 aliphatic carbocycles. The summed E-state index contributed by atoms with van der Waals surface area (Å²) in [5.41, 5.74) is 0.0932. The molecule has 4 nitrogen and oxygen atoms in total. The van der Waals surface area contributed by atoms with Crippen LogP contribution >= 0.6 is 0 Å². The predicted molar refractivity (Wildman–Crippen MR) is 84.2 cm³/mol. The molecule has 0 heterocycles. The number of rotatable bonds is 6. The molecule has 0 aromatic heterocycles. The number of halogens is 3. The normalized spacial score (nSPS) is 12.7.